The largest absolute Gasteiger partial charge is 0.451 e. The second kappa shape index (κ2) is 9.07. The molecule has 1 amide bonds. The molecular weight excluding hydrogens is 401 g/mol. The predicted octanol–water partition coefficient (Wildman–Crippen LogP) is 2.95. The molecule has 29 heavy (non-hydrogen) atoms. The van der Waals surface area contributed by atoms with Gasteiger partial charge in [0.25, 0.3) is 5.91 Å². The maximum absolute atomic E-state index is 13.8. The molecule has 10 heteroatoms. The van der Waals surface area contributed by atoms with E-state index in [0.29, 0.717) is 11.4 Å². The van der Waals surface area contributed by atoms with Crippen LogP contribution in [-0.2, 0) is 14.3 Å². The Bertz CT molecular complexity index is 1070. The van der Waals surface area contributed by atoms with E-state index < -0.39 is 24.3 Å². The number of tetrazole rings is 1. The lowest BCUT2D eigenvalue weighted by Gasteiger charge is -2.10. The molecule has 148 valence electrons. The monoisotopic (exact) mass is 415 g/mol. The molecular formula is C19H15ClFN5O3. The average molecular weight is 416 g/mol. The highest BCUT2D eigenvalue weighted by molar-refractivity contribution is 6.30. The zero-order chi connectivity index (χ0) is 20.8. The van der Waals surface area contributed by atoms with Crippen LogP contribution in [0, 0.1) is 12.7 Å². The van der Waals surface area contributed by atoms with E-state index in [0.717, 1.165) is 6.07 Å². The van der Waals surface area contributed by atoms with Crippen molar-refractivity contribution in [1.29, 1.82) is 0 Å². The number of ether oxygens (including phenoxy) is 1. The van der Waals surface area contributed by atoms with E-state index in [4.69, 9.17) is 16.3 Å². The van der Waals surface area contributed by atoms with E-state index in [9.17, 15) is 14.0 Å². The number of amides is 1. The van der Waals surface area contributed by atoms with Gasteiger partial charge in [0.2, 0.25) is 0 Å². The van der Waals surface area contributed by atoms with E-state index in [1.807, 2.05) is 6.07 Å². The molecule has 0 saturated carbocycles. The van der Waals surface area contributed by atoms with Crippen LogP contribution in [0.15, 0.2) is 48.5 Å². The molecule has 0 aliphatic carbocycles. The lowest BCUT2D eigenvalue weighted by atomic mass is 10.2. The van der Waals surface area contributed by atoms with Crippen LogP contribution in [0.25, 0.3) is 11.8 Å². The second-order valence-electron chi connectivity index (χ2n) is 5.83. The SMILES string of the molecule is Cc1nnnn1C(=Cc1ccccc1)C(=O)OCC(=O)Nc1ccc(Cl)cc1F. The van der Waals surface area contributed by atoms with Crippen molar-refractivity contribution in [2.75, 3.05) is 11.9 Å². The van der Waals surface area contributed by atoms with E-state index >= 15 is 0 Å². The lowest BCUT2D eigenvalue weighted by Crippen LogP contribution is -2.23. The van der Waals surface area contributed by atoms with Gasteiger partial charge in [-0.25, -0.2) is 9.18 Å². The number of carbonyl (C=O) groups is 2. The summed E-state index contributed by atoms with van der Waals surface area (Å²) in [6.45, 7) is 0.982. The van der Waals surface area contributed by atoms with Gasteiger partial charge in [0.1, 0.15) is 5.82 Å². The van der Waals surface area contributed by atoms with E-state index in [-0.39, 0.29) is 16.4 Å². The van der Waals surface area contributed by atoms with E-state index in [2.05, 4.69) is 20.8 Å². The first-order valence-electron chi connectivity index (χ1n) is 8.38. The van der Waals surface area contributed by atoms with Crippen LogP contribution in [-0.4, -0.2) is 38.7 Å². The predicted molar refractivity (Wildman–Crippen MR) is 104 cm³/mol. The summed E-state index contributed by atoms with van der Waals surface area (Å²) in [6.07, 6.45) is 1.53. The first-order valence-corrected chi connectivity index (χ1v) is 8.76. The summed E-state index contributed by atoms with van der Waals surface area (Å²) in [5, 5.41) is 13.5. The summed E-state index contributed by atoms with van der Waals surface area (Å²) in [4.78, 5) is 24.6. The Labute approximate surface area is 169 Å². The molecule has 2 aromatic carbocycles. The van der Waals surface area contributed by atoms with Crippen LogP contribution in [0.4, 0.5) is 10.1 Å². The number of hydrogen-bond donors (Lipinski definition) is 1. The molecule has 3 rings (SSSR count). The molecule has 1 N–H and O–H groups in total. The summed E-state index contributed by atoms with van der Waals surface area (Å²) in [7, 11) is 0. The normalized spacial score (nSPS) is 11.2. The van der Waals surface area contributed by atoms with Crippen LogP contribution >= 0.6 is 11.6 Å². The minimum atomic E-state index is -0.823. The molecule has 0 fully saturated rings. The van der Waals surface area contributed by atoms with Gasteiger partial charge in [-0.1, -0.05) is 41.9 Å². The number of esters is 1. The Hall–Kier alpha value is -3.59. The molecule has 0 bridgehead atoms. The smallest absolute Gasteiger partial charge is 0.357 e. The van der Waals surface area contributed by atoms with Crippen molar-refractivity contribution in [2.45, 2.75) is 6.92 Å². The highest BCUT2D eigenvalue weighted by Crippen LogP contribution is 2.19. The third-order valence-electron chi connectivity index (χ3n) is 3.71. The van der Waals surface area contributed by atoms with Crippen LogP contribution in [0.3, 0.4) is 0 Å². The Morgan fingerprint density at radius 3 is 2.66 bits per heavy atom. The summed E-state index contributed by atoms with van der Waals surface area (Å²) in [5.41, 5.74) is 0.651. The van der Waals surface area contributed by atoms with Crippen molar-refractivity contribution in [2.24, 2.45) is 0 Å². The summed E-state index contributed by atoms with van der Waals surface area (Å²) in [5.74, 6) is -1.88. The molecule has 3 aromatic rings. The Morgan fingerprint density at radius 1 is 1.24 bits per heavy atom. The Balaban J connectivity index is 1.73. The van der Waals surface area contributed by atoms with E-state index in [1.54, 1.807) is 31.2 Å². The molecule has 0 spiro atoms. The number of carbonyl (C=O) groups excluding carboxylic acids is 2. The van der Waals surface area contributed by atoms with Crippen molar-refractivity contribution in [3.63, 3.8) is 0 Å². The molecule has 8 nitrogen and oxygen atoms in total. The van der Waals surface area contributed by atoms with Gasteiger partial charge in [0, 0.05) is 5.02 Å². The molecule has 1 aromatic heterocycles. The molecule has 0 aliphatic heterocycles. The Kier molecular flexibility index (Phi) is 6.30. The molecule has 0 radical (unpaired) electrons. The maximum Gasteiger partial charge on any atom is 0.357 e. The highest BCUT2D eigenvalue weighted by Gasteiger charge is 2.19. The lowest BCUT2D eigenvalue weighted by molar-refractivity contribution is -0.141. The van der Waals surface area contributed by atoms with E-state index in [1.165, 1.54) is 22.9 Å². The fraction of sp³-hybridized carbons (Fsp3) is 0.105. The van der Waals surface area contributed by atoms with Gasteiger partial charge in [0.15, 0.2) is 18.1 Å². The van der Waals surface area contributed by atoms with Gasteiger partial charge in [-0.3, -0.25) is 4.79 Å². The second-order valence-corrected chi connectivity index (χ2v) is 6.26. The number of rotatable bonds is 6. The quantitative estimate of drug-likeness (QED) is 0.491. The minimum absolute atomic E-state index is 0.0178. The van der Waals surface area contributed by atoms with Crippen molar-refractivity contribution in [3.8, 4) is 0 Å². The van der Waals surface area contributed by atoms with Gasteiger partial charge < -0.3 is 10.1 Å². The zero-order valence-electron chi connectivity index (χ0n) is 15.2. The third-order valence-corrected chi connectivity index (χ3v) is 3.94. The number of nitrogens with zero attached hydrogens (tertiary/aromatic N) is 4. The van der Waals surface area contributed by atoms with Gasteiger partial charge in [0.05, 0.1) is 5.69 Å². The number of aryl methyl sites for hydroxylation is 1. The maximum atomic E-state index is 13.8. The molecule has 0 aliphatic rings. The number of halogens is 2. The van der Waals surface area contributed by atoms with Gasteiger partial charge >= 0.3 is 5.97 Å². The minimum Gasteiger partial charge on any atom is -0.451 e. The van der Waals surface area contributed by atoms with Crippen molar-refractivity contribution < 1.29 is 18.7 Å². The summed E-state index contributed by atoms with van der Waals surface area (Å²) in [6, 6.07) is 12.8. The summed E-state index contributed by atoms with van der Waals surface area (Å²) >= 11 is 5.67. The first-order chi connectivity index (χ1) is 13.9. The molecule has 0 atom stereocenters. The van der Waals surface area contributed by atoms with Crippen molar-refractivity contribution in [1.82, 2.24) is 20.2 Å². The van der Waals surface area contributed by atoms with Gasteiger partial charge in [-0.05, 0) is 47.2 Å². The number of hydrogen-bond acceptors (Lipinski definition) is 6. The first kappa shape index (κ1) is 20.2. The highest BCUT2D eigenvalue weighted by atomic mass is 35.5. The molecule has 0 unspecified atom stereocenters. The molecule has 0 saturated heterocycles. The van der Waals surface area contributed by atoms with Crippen LogP contribution in [0.1, 0.15) is 11.4 Å². The standard InChI is InChI=1S/C19H15ClFN5O3/c1-12-23-24-25-26(12)17(9-13-5-3-2-4-6-13)19(28)29-11-18(27)22-16-8-7-14(20)10-15(16)21/h2-10H,11H2,1H3,(H,22,27). The van der Waals surface area contributed by atoms with Gasteiger partial charge in [-0.15, -0.1) is 5.10 Å². The average Bonchev–Trinajstić information content (AvgIpc) is 3.13. The number of anilines is 1. The third kappa shape index (κ3) is 5.23. The zero-order valence-corrected chi connectivity index (χ0v) is 15.9. The van der Waals surface area contributed by atoms with Crippen LogP contribution < -0.4 is 5.32 Å². The van der Waals surface area contributed by atoms with Gasteiger partial charge in [-0.2, -0.15) is 4.68 Å². The van der Waals surface area contributed by atoms with Crippen molar-refractivity contribution >= 4 is 40.9 Å². The van der Waals surface area contributed by atoms with Crippen molar-refractivity contribution in [3.05, 3.63) is 70.8 Å². The fourth-order valence-corrected chi connectivity index (χ4v) is 2.51. The number of nitrogens with one attached hydrogen (secondary N) is 1. The fourth-order valence-electron chi connectivity index (χ4n) is 2.35. The van der Waals surface area contributed by atoms with Crippen LogP contribution in [0.2, 0.25) is 5.02 Å². The Morgan fingerprint density at radius 2 is 2.00 bits per heavy atom. The molecule has 1 heterocycles. The number of benzene rings is 2. The number of aromatic nitrogens is 4. The summed E-state index contributed by atoms with van der Waals surface area (Å²) < 4.78 is 20.0. The topological polar surface area (TPSA) is 99.0 Å². The van der Waals surface area contributed by atoms with Crippen LogP contribution in [0.5, 0.6) is 0 Å².